The number of aromatic nitrogens is 3. The number of halogens is 1. The smallest absolute Gasteiger partial charge is 0.229 e. The number of anilines is 2. The molecule has 158 valence electrons. The summed E-state index contributed by atoms with van der Waals surface area (Å²) in [5.41, 5.74) is 1.58. The molecule has 7 nitrogen and oxygen atoms in total. The normalized spacial score (nSPS) is 22.6. The number of pyridine rings is 1. The highest BCUT2D eigenvalue weighted by atomic mass is 35.5. The molecule has 3 aromatic rings. The van der Waals surface area contributed by atoms with Crippen molar-refractivity contribution in [2.75, 3.05) is 49.2 Å². The van der Waals surface area contributed by atoms with Gasteiger partial charge in [-0.2, -0.15) is 9.97 Å². The zero-order valence-electron chi connectivity index (χ0n) is 17.0. The van der Waals surface area contributed by atoms with E-state index < -0.39 is 0 Å². The van der Waals surface area contributed by atoms with Crippen molar-refractivity contribution in [2.45, 2.75) is 26.1 Å². The number of rotatable bonds is 3. The zero-order chi connectivity index (χ0) is 20.7. The van der Waals surface area contributed by atoms with E-state index in [-0.39, 0.29) is 12.2 Å². The summed E-state index contributed by atoms with van der Waals surface area (Å²) >= 11 is 7.66. The van der Waals surface area contributed by atoms with Gasteiger partial charge in [0.1, 0.15) is 5.82 Å². The standard InChI is InChI=1S/C21H24ClN5O2S/c1-13-11-27(12-14(2)29-13)21-24-19-15(20(25-21)26-7-9-28-10-8-26)3-4-16(23-19)17-5-6-18(22)30-17/h3-6,13-14H,7-12H2,1-2H3. The summed E-state index contributed by atoms with van der Waals surface area (Å²) in [6, 6.07) is 7.99. The number of ether oxygens (including phenoxy) is 2. The minimum absolute atomic E-state index is 0.132. The maximum Gasteiger partial charge on any atom is 0.229 e. The molecule has 0 bridgehead atoms. The van der Waals surface area contributed by atoms with Crippen molar-refractivity contribution in [3.05, 3.63) is 28.6 Å². The van der Waals surface area contributed by atoms with Crippen LogP contribution in [0.3, 0.4) is 0 Å². The van der Waals surface area contributed by atoms with Gasteiger partial charge in [0.05, 0.1) is 45.7 Å². The van der Waals surface area contributed by atoms with E-state index in [1.54, 1.807) is 0 Å². The molecular formula is C21H24ClN5O2S. The Labute approximate surface area is 184 Å². The van der Waals surface area contributed by atoms with Crippen molar-refractivity contribution in [1.82, 2.24) is 15.0 Å². The van der Waals surface area contributed by atoms with Gasteiger partial charge in [0.25, 0.3) is 0 Å². The van der Waals surface area contributed by atoms with Gasteiger partial charge in [-0.3, -0.25) is 0 Å². The Kier molecular flexibility index (Phi) is 5.49. The lowest BCUT2D eigenvalue weighted by molar-refractivity contribution is -0.00570. The fourth-order valence-electron chi connectivity index (χ4n) is 4.07. The Hall–Kier alpha value is -2.00. The van der Waals surface area contributed by atoms with Crippen molar-refractivity contribution >= 4 is 45.7 Å². The molecule has 2 aliphatic rings. The molecule has 9 heteroatoms. The summed E-state index contributed by atoms with van der Waals surface area (Å²) in [5, 5.41) is 0.960. The van der Waals surface area contributed by atoms with Crippen LogP contribution in [0.25, 0.3) is 21.6 Å². The molecular weight excluding hydrogens is 422 g/mol. The van der Waals surface area contributed by atoms with E-state index in [4.69, 9.17) is 36.0 Å². The number of thiophene rings is 1. The number of fused-ring (bicyclic) bond motifs is 1. The summed E-state index contributed by atoms with van der Waals surface area (Å²) in [6.07, 6.45) is 0.264. The molecule has 2 aliphatic heterocycles. The zero-order valence-corrected chi connectivity index (χ0v) is 18.6. The van der Waals surface area contributed by atoms with Gasteiger partial charge in [-0.05, 0) is 38.1 Å². The number of hydrogen-bond donors (Lipinski definition) is 0. The highest BCUT2D eigenvalue weighted by Gasteiger charge is 2.26. The minimum atomic E-state index is 0.132. The van der Waals surface area contributed by atoms with Crippen LogP contribution in [0.1, 0.15) is 13.8 Å². The van der Waals surface area contributed by atoms with Gasteiger partial charge in [-0.25, -0.2) is 4.98 Å². The molecule has 2 fully saturated rings. The predicted molar refractivity (Wildman–Crippen MR) is 121 cm³/mol. The van der Waals surface area contributed by atoms with Crippen LogP contribution in [0.2, 0.25) is 4.34 Å². The third-order valence-electron chi connectivity index (χ3n) is 5.37. The second-order valence-electron chi connectivity index (χ2n) is 7.78. The topological polar surface area (TPSA) is 63.6 Å². The first-order chi connectivity index (χ1) is 14.6. The Morgan fingerprint density at radius 1 is 0.967 bits per heavy atom. The largest absolute Gasteiger partial charge is 0.378 e. The van der Waals surface area contributed by atoms with Gasteiger partial charge in [0.2, 0.25) is 5.95 Å². The third kappa shape index (κ3) is 3.97. The first-order valence-electron chi connectivity index (χ1n) is 10.2. The quantitative estimate of drug-likeness (QED) is 0.606. The van der Waals surface area contributed by atoms with Crippen molar-refractivity contribution in [3.63, 3.8) is 0 Å². The lowest BCUT2D eigenvalue weighted by atomic mass is 10.2. The van der Waals surface area contributed by atoms with Crippen LogP contribution in [0, 0.1) is 0 Å². The van der Waals surface area contributed by atoms with Crippen LogP contribution in [0.15, 0.2) is 24.3 Å². The highest BCUT2D eigenvalue weighted by molar-refractivity contribution is 7.19. The molecule has 2 unspecified atom stereocenters. The Bertz CT molecular complexity index is 1050. The van der Waals surface area contributed by atoms with E-state index in [9.17, 15) is 0 Å². The maximum atomic E-state index is 6.14. The number of morpholine rings is 2. The molecule has 30 heavy (non-hydrogen) atoms. The molecule has 0 radical (unpaired) electrons. The fraction of sp³-hybridized carbons (Fsp3) is 0.476. The summed E-state index contributed by atoms with van der Waals surface area (Å²) in [6.45, 7) is 8.72. The van der Waals surface area contributed by atoms with Crippen LogP contribution >= 0.6 is 22.9 Å². The molecule has 5 heterocycles. The fourth-order valence-corrected chi connectivity index (χ4v) is 5.08. The Balaban J connectivity index is 1.62. The van der Waals surface area contributed by atoms with Crippen LogP contribution in [-0.4, -0.2) is 66.6 Å². The van der Waals surface area contributed by atoms with E-state index in [2.05, 4.69) is 29.7 Å². The summed E-state index contributed by atoms with van der Waals surface area (Å²) in [4.78, 5) is 20.3. The van der Waals surface area contributed by atoms with Crippen LogP contribution in [0.4, 0.5) is 11.8 Å². The first-order valence-corrected chi connectivity index (χ1v) is 11.4. The number of hydrogen-bond acceptors (Lipinski definition) is 8. The van der Waals surface area contributed by atoms with Gasteiger partial charge in [-0.1, -0.05) is 11.6 Å². The maximum absolute atomic E-state index is 6.14. The summed E-state index contributed by atoms with van der Waals surface area (Å²) in [5.74, 6) is 1.63. The molecule has 0 spiro atoms. The molecule has 2 saturated heterocycles. The highest BCUT2D eigenvalue weighted by Crippen LogP contribution is 2.33. The van der Waals surface area contributed by atoms with Gasteiger partial charge in [-0.15, -0.1) is 11.3 Å². The van der Waals surface area contributed by atoms with Crippen molar-refractivity contribution in [2.24, 2.45) is 0 Å². The van der Waals surface area contributed by atoms with E-state index in [0.717, 1.165) is 52.3 Å². The monoisotopic (exact) mass is 445 g/mol. The SMILES string of the molecule is CC1CN(c2nc(N3CCOCC3)c3ccc(-c4ccc(Cl)s4)nc3n2)CC(C)O1. The second-order valence-corrected chi connectivity index (χ2v) is 9.50. The van der Waals surface area contributed by atoms with Gasteiger partial charge in [0, 0.05) is 26.2 Å². The van der Waals surface area contributed by atoms with Crippen molar-refractivity contribution in [3.8, 4) is 10.6 Å². The lowest BCUT2D eigenvalue weighted by Crippen LogP contribution is -2.46. The van der Waals surface area contributed by atoms with Gasteiger partial charge >= 0.3 is 0 Å². The summed E-state index contributed by atoms with van der Waals surface area (Å²) in [7, 11) is 0. The van der Waals surface area contributed by atoms with Crippen LogP contribution in [0.5, 0.6) is 0 Å². The first kappa shape index (κ1) is 19.9. The molecule has 5 rings (SSSR count). The van der Waals surface area contributed by atoms with Crippen LogP contribution < -0.4 is 9.80 Å². The molecule has 3 aromatic heterocycles. The van der Waals surface area contributed by atoms with Crippen molar-refractivity contribution < 1.29 is 9.47 Å². The summed E-state index contributed by atoms with van der Waals surface area (Å²) < 4.78 is 12.2. The van der Waals surface area contributed by atoms with E-state index in [0.29, 0.717) is 24.8 Å². The number of nitrogens with zero attached hydrogens (tertiary/aromatic N) is 5. The molecule has 0 aromatic carbocycles. The van der Waals surface area contributed by atoms with E-state index in [1.807, 2.05) is 18.2 Å². The Morgan fingerprint density at radius 2 is 1.73 bits per heavy atom. The van der Waals surface area contributed by atoms with E-state index >= 15 is 0 Å². The van der Waals surface area contributed by atoms with Crippen molar-refractivity contribution in [1.29, 1.82) is 0 Å². The van der Waals surface area contributed by atoms with Gasteiger partial charge < -0.3 is 19.3 Å². The molecule has 2 atom stereocenters. The molecule has 0 aliphatic carbocycles. The molecule has 0 amide bonds. The predicted octanol–water partition coefficient (Wildman–Crippen LogP) is 3.86. The van der Waals surface area contributed by atoms with Gasteiger partial charge in [0.15, 0.2) is 5.65 Å². The molecule has 0 saturated carbocycles. The minimum Gasteiger partial charge on any atom is -0.378 e. The third-order valence-corrected chi connectivity index (χ3v) is 6.62. The van der Waals surface area contributed by atoms with E-state index in [1.165, 1.54) is 11.3 Å². The Morgan fingerprint density at radius 3 is 2.43 bits per heavy atom. The average molecular weight is 446 g/mol. The average Bonchev–Trinajstić information content (AvgIpc) is 3.19. The second kappa shape index (κ2) is 8.26. The lowest BCUT2D eigenvalue weighted by Gasteiger charge is -2.36. The molecule has 0 N–H and O–H groups in total. The van der Waals surface area contributed by atoms with Crippen LogP contribution in [-0.2, 0) is 9.47 Å².